The van der Waals surface area contributed by atoms with E-state index in [1.54, 1.807) is 25.1 Å². The van der Waals surface area contributed by atoms with Gasteiger partial charge in [0, 0.05) is 17.3 Å². The SMILES string of the molecule is Cc1cc(N(CCC#N)C(=O)COC(=O)c2ccc(F)c(F)c2)ccc1Cl. The normalized spacial score (nSPS) is 10.2. The molecule has 0 unspecified atom stereocenters. The van der Waals surface area contributed by atoms with Crippen molar-refractivity contribution in [3.8, 4) is 6.07 Å². The van der Waals surface area contributed by atoms with Crippen molar-refractivity contribution in [1.29, 1.82) is 5.26 Å². The fraction of sp³-hybridized carbons (Fsp3) is 0.211. The van der Waals surface area contributed by atoms with Gasteiger partial charge in [-0.15, -0.1) is 0 Å². The minimum Gasteiger partial charge on any atom is -0.452 e. The van der Waals surface area contributed by atoms with Crippen molar-refractivity contribution in [2.75, 3.05) is 18.1 Å². The van der Waals surface area contributed by atoms with Gasteiger partial charge in [-0.05, 0) is 48.9 Å². The molecule has 0 N–H and O–H groups in total. The molecule has 0 aliphatic carbocycles. The fourth-order valence-corrected chi connectivity index (χ4v) is 2.39. The van der Waals surface area contributed by atoms with Crippen LogP contribution in [0, 0.1) is 29.9 Å². The third-order valence-electron chi connectivity index (χ3n) is 3.68. The number of hydrogen-bond acceptors (Lipinski definition) is 4. The van der Waals surface area contributed by atoms with Crippen LogP contribution >= 0.6 is 11.6 Å². The number of amides is 1. The molecule has 8 heteroatoms. The zero-order chi connectivity index (χ0) is 20.0. The molecule has 27 heavy (non-hydrogen) atoms. The maximum Gasteiger partial charge on any atom is 0.338 e. The molecule has 0 saturated carbocycles. The van der Waals surface area contributed by atoms with Crippen LogP contribution in [0.2, 0.25) is 5.02 Å². The first-order chi connectivity index (χ1) is 12.8. The summed E-state index contributed by atoms with van der Waals surface area (Å²) in [6.07, 6.45) is 0.0739. The van der Waals surface area contributed by atoms with Crippen LogP contribution in [0.25, 0.3) is 0 Å². The van der Waals surface area contributed by atoms with Crippen molar-refractivity contribution in [1.82, 2.24) is 0 Å². The lowest BCUT2D eigenvalue weighted by molar-refractivity contribution is -0.121. The number of aryl methyl sites for hydroxylation is 1. The van der Waals surface area contributed by atoms with Crippen LogP contribution in [-0.2, 0) is 9.53 Å². The Morgan fingerprint density at radius 2 is 1.93 bits per heavy atom. The van der Waals surface area contributed by atoms with Crippen molar-refractivity contribution >= 4 is 29.2 Å². The molecule has 2 aromatic carbocycles. The number of esters is 1. The first-order valence-corrected chi connectivity index (χ1v) is 8.27. The molecule has 1 amide bonds. The standard InChI is InChI=1S/C19H15ClF2N2O3/c1-12-9-14(4-5-15(12)20)24(8-2-7-23)18(25)11-27-19(26)13-3-6-16(21)17(22)10-13/h3-6,9-10H,2,8,11H2,1H3. The molecule has 0 saturated heterocycles. The summed E-state index contributed by atoms with van der Waals surface area (Å²) in [4.78, 5) is 25.7. The zero-order valence-electron chi connectivity index (χ0n) is 14.3. The van der Waals surface area contributed by atoms with E-state index >= 15 is 0 Å². The highest BCUT2D eigenvalue weighted by molar-refractivity contribution is 6.31. The van der Waals surface area contributed by atoms with Crippen LogP contribution in [0.5, 0.6) is 0 Å². The van der Waals surface area contributed by atoms with Gasteiger partial charge in [-0.25, -0.2) is 13.6 Å². The number of rotatable bonds is 6. The molecule has 0 radical (unpaired) electrons. The van der Waals surface area contributed by atoms with Crippen molar-refractivity contribution in [3.63, 3.8) is 0 Å². The topological polar surface area (TPSA) is 70.4 Å². The summed E-state index contributed by atoms with van der Waals surface area (Å²) in [7, 11) is 0. The summed E-state index contributed by atoms with van der Waals surface area (Å²) in [5.41, 5.74) is 1.02. The molecule has 0 spiro atoms. The van der Waals surface area contributed by atoms with E-state index in [2.05, 4.69) is 0 Å². The Kier molecular flexibility index (Phi) is 6.85. The molecule has 0 heterocycles. The third-order valence-corrected chi connectivity index (χ3v) is 4.11. The third kappa shape index (κ3) is 5.25. The Labute approximate surface area is 159 Å². The molecule has 0 bridgehead atoms. The van der Waals surface area contributed by atoms with Gasteiger partial charge >= 0.3 is 5.97 Å². The first-order valence-electron chi connectivity index (χ1n) is 7.89. The zero-order valence-corrected chi connectivity index (χ0v) is 15.1. The molecule has 0 aromatic heterocycles. The van der Waals surface area contributed by atoms with E-state index in [4.69, 9.17) is 21.6 Å². The fourth-order valence-electron chi connectivity index (χ4n) is 2.27. The van der Waals surface area contributed by atoms with Crippen molar-refractivity contribution in [2.24, 2.45) is 0 Å². The summed E-state index contributed by atoms with van der Waals surface area (Å²) >= 11 is 5.98. The minimum atomic E-state index is -1.19. The molecule has 5 nitrogen and oxygen atoms in total. The van der Waals surface area contributed by atoms with E-state index in [1.165, 1.54) is 4.90 Å². The Morgan fingerprint density at radius 1 is 1.19 bits per heavy atom. The predicted octanol–water partition coefficient (Wildman–Crippen LogP) is 4.03. The van der Waals surface area contributed by atoms with Gasteiger partial charge in [0.05, 0.1) is 18.1 Å². The van der Waals surface area contributed by atoms with Gasteiger partial charge in [0.25, 0.3) is 5.91 Å². The summed E-state index contributed by atoms with van der Waals surface area (Å²) in [5.74, 6) is -3.82. The Bertz CT molecular complexity index is 912. The lowest BCUT2D eigenvalue weighted by atomic mass is 10.2. The van der Waals surface area contributed by atoms with Gasteiger partial charge in [-0.2, -0.15) is 5.26 Å². The maximum absolute atomic E-state index is 13.2. The second-order valence-corrected chi connectivity index (χ2v) is 6.00. The largest absolute Gasteiger partial charge is 0.452 e. The predicted molar refractivity (Wildman–Crippen MR) is 95.4 cm³/mol. The van der Waals surface area contributed by atoms with Gasteiger partial charge in [0.1, 0.15) is 0 Å². The number of carbonyl (C=O) groups excluding carboxylic acids is 2. The highest BCUT2D eigenvalue weighted by atomic mass is 35.5. The van der Waals surface area contributed by atoms with Crippen LogP contribution in [0.3, 0.4) is 0 Å². The minimum absolute atomic E-state index is 0.0739. The van der Waals surface area contributed by atoms with Crippen molar-refractivity contribution < 1.29 is 23.1 Å². The smallest absolute Gasteiger partial charge is 0.338 e. The highest BCUT2D eigenvalue weighted by Crippen LogP contribution is 2.23. The number of ether oxygens (including phenoxy) is 1. The van der Waals surface area contributed by atoms with Crippen LogP contribution in [0.1, 0.15) is 22.3 Å². The monoisotopic (exact) mass is 392 g/mol. The summed E-state index contributed by atoms with van der Waals surface area (Å²) in [5, 5.41) is 9.32. The molecule has 0 aliphatic rings. The lowest BCUT2D eigenvalue weighted by Gasteiger charge is -2.22. The van der Waals surface area contributed by atoms with E-state index < -0.39 is 30.1 Å². The molecule has 2 aromatic rings. The molecule has 0 fully saturated rings. The van der Waals surface area contributed by atoms with E-state index in [1.807, 2.05) is 6.07 Å². The molecular formula is C19H15ClF2N2O3. The van der Waals surface area contributed by atoms with E-state index in [0.29, 0.717) is 16.8 Å². The lowest BCUT2D eigenvalue weighted by Crippen LogP contribution is -2.35. The molecule has 0 aliphatic heterocycles. The number of nitrogens with zero attached hydrogens (tertiary/aromatic N) is 2. The van der Waals surface area contributed by atoms with Gasteiger partial charge < -0.3 is 9.64 Å². The Balaban J connectivity index is 2.11. The number of carbonyl (C=O) groups is 2. The average molecular weight is 393 g/mol. The van der Waals surface area contributed by atoms with Crippen LogP contribution in [0.15, 0.2) is 36.4 Å². The van der Waals surface area contributed by atoms with Gasteiger partial charge in [0.2, 0.25) is 0 Å². The maximum atomic E-state index is 13.2. The molecule has 0 atom stereocenters. The summed E-state index contributed by atoms with van der Waals surface area (Å²) in [6, 6.07) is 9.40. The molecular weight excluding hydrogens is 378 g/mol. The Hall–Kier alpha value is -2.98. The number of halogens is 3. The van der Waals surface area contributed by atoms with Gasteiger partial charge in [-0.1, -0.05) is 11.6 Å². The Morgan fingerprint density at radius 3 is 2.56 bits per heavy atom. The number of benzene rings is 2. The summed E-state index contributed by atoms with van der Waals surface area (Å²) < 4.78 is 31.0. The number of hydrogen-bond donors (Lipinski definition) is 0. The second kappa shape index (κ2) is 9.10. The van der Waals surface area contributed by atoms with Crippen molar-refractivity contribution in [2.45, 2.75) is 13.3 Å². The van der Waals surface area contributed by atoms with E-state index in [0.717, 1.165) is 17.7 Å². The second-order valence-electron chi connectivity index (χ2n) is 5.59. The molecule has 140 valence electrons. The number of anilines is 1. The van der Waals surface area contributed by atoms with Crippen LogP contribution in [-0.4, -0.2) is 25.0 Å². The van der Waals surface area contributed by atoms with Crippen LogP contribution in [0.4, 0.5) is 14.5 Å². The van der Waals surface area contributed by atoms with Crippen LogP contribution < -0.4 is 4.90 Å². The average Bonchev–Trinajstić information content (AvgIpc) is 2.65. The van der Waals surface area contributed by atoms with E-state index in [9.17, 15) is 18.4 Å². The summed E-state index contributed by atoms with van der Waals surface area (Å²) in [6.45, 7) is 1.24. The van der Waals surface area contributed by atoms with Gasteiger partial charge in [-0.3, -0.25) is 4.79 Å². The number of nitriles is 1. The van der Waals surface area contributed by atoms with E-state index in [-0.39, 0.29) is 18.5 Å². The molecule has 2 rings (SSSR count). The first kappa shape index (κ1) is 20.3. The highest BCUT2D eigenvalue weighted by Gasteiger charge is 2.19. The quantitative estimate of drug-likeness (QED) is 0.696. The van der Waals surface area contributed by atoms with Crippen molar-refractivity contribution in [3.05, 3.63) is 64.2 Å². The van der Waals surface area contributed by atoms with Gasteiger partial charge in [0.15, 0.2) is 18.2 Å².